The minimum atomic E-state index is -0.636. The maximum atomic E-state index is 12.1. The number of aliphatic hydroxyl groups is 1. The molecule has 0 amide bonds. The van der Waals surface area contributed by atoms with Gasteiger partial charge in [0.1, 0.15) is 0 Å². The van der Waals surface area contributed by atoms with E-state index < -0.39 is 5.60 Å². The molecule has 5 rings (SSSR count). The molecule has 2 unspecified atom stereocenters. The summed E-state index contributed by atoms with van der Waals surface area (Å²) in [5.74, 6) is 1.16. The minimum Gasteiger partial charge on any atom is -0.431 e. The Balaban J connectivity index is 1.54. The van der Waals surface area contributed by atoms with E-state index in [2.05, 4.69) is 32.1 Å². The molecule has 0 aliphatic heterocycles. The van der Waals surface area contributed by atoms with E-state index in [1.165, 1.54) is 24.5 Å². The molecule has 27 heavy (non-hydrogen) atoms. The van der Waals surface area contributed by atoms with Gasteiger partial charge in [0.2, 0.25) is 0 Å². The van der Waals surface area contributed by atoms with Crippen LogP contribution < -0.4 is 5.63 Å². The highest BCUT2D eigenvalue weighted by Gasteiger charge is 2.66. The van der Waals surface area contributed by atoms with E-state index in [0.29, 0.717) is 11.8 Å². The van der Waals surface area contributed by atoms with E-state index in [1.807, 2.05) is 6.07 Å². The standard InChI is InChI=1S/C24H30O3/c1-22-12-4-3-5-17(22)7-8-20-19(22)10-13-23(2)18(11-14-24(20,23)26)16-6-9-21(25)27-15-16/h3,5-7,9,15,18-20,26H,4,8,10-14H2,1-2H3/t18-,19?,20?,22+,23-,24+/m1/s1. The molecule has 3 heteroatoms. The van der Waals surface area contributed by atoms with Gasteiger partial charge >= 0.3 is 5.63 Å². The molecule has 1 N–H and O–H groups in total. The first-order chi connectivity index (χ1) is 12.9. The highest BCUT2D eigenvalue weighted by atomic mass is 16.4. The summed E-state index contributed by atoms with van der Waals surface area (Å²) < 4.78 is 5.17. The van der Waals surface area contributed by atoms with Gasteiger partial charge in [0.15, 0.2) is 0 Å². The van der Waals surface area contributed by atoms with E-state index in [1.54, 1.807) is 6.26 Å². The van der Waals surface area contributed by atoms with Crippen molar-refractivity contribution < 1.29 is 9.52 Å². The predicted molar refractivity (Wildman–Crippen MR) is 105 cm³/mol. The summed E-state index contributed by atoms with van der Waals surface area (Å²) in [5.41, 5.74) is 1.70. The van der Waals surface area contributed by atoms with Crippen molar-refractivity contribution in [3.8, 4) is 0 Å². The second-order valence-electron chi connectivity index (χ2n) is 9.83. The van der Waals surface area contributed by atoms with Crippen molar-refractivity contribution in [2.75, 3.05) is 0 Å². The van der Waals surface area contributed by atoms with Crippen LogP contribution in [0.3, 0.4) is 0 Å². The number of hydrogen-bond acceptors (Lipinski definition) is 3. The SMILES string of the molecule is C[C@]12CCC=CC1=CCC1C2CC[C@]2(C)[C@@H](c3ccc(=O)oc3)CC[C@]12O. The van der Waals surface area contributed by atoms with E-state index >= 15 is 0 Å². The summed E-state index contributed by atoms with van der Waals surface area (Å²) in [6, 6.07) is 3.43. The Kier molecular flexibility index (Phi) is 3.69. The van der Waals surface area contributed by atoms with Gasteiger partial charge in [0, 0.05) is 11.5 Å². The second-order valence-corrected chi connectivity index (χ2v) is 9.83. The molecule has 6 atom stereocenters. The van der Waals surface area contributed by atoms with Crippen LogP contribution >= 0.6 is 0 Å². The largest absolute Gasteiger partial charge is 0.431 e. The molecule has 0 aromatic carbocycles. The average Bonchev–Trinajstić information content (AvgIpc) is 2.94. The van der Waals surface area contributed by atoms with Crippen LogP contribution in [0.2, 0.25) is 0 Å². The van der Waals surface area contributed by atoms with E-state index in [-0.39, 0.29) is 22.4 Å². The lowest BCUT2D eigenvalue weighted by Gasteiger charge is -2.60. The minimum absolute atomic E-state index is 0.152. The van der Waals surface area contributed by atoms with Crippen molar-refractivity contribution in [3.05, 3.63) is 58.2 Å². The van der Waals surface area contributed by atoms with Crippen molar-refractivity contribution in [2.45, 2.75) is 70.3 Å². The summed E-state index contributed by atoms with van der Waals surface area (Å²) in [7, 11) is 0. The molecule has 2 fully saturated rings. The smallest absolute Gasteiger partial charge is 0.335 e. The molecule has 4 aliphatic rings. The molecule has 0 spiro atoms. The van der Waals surface area contributed by atoms with Gasteiger partial charge in [-0.1, -0.05) is 32.1 Å². The van der Waals surface area contributed by atoms with Crippen molar-refractivity contribution in [1.82, 2.24) is 0 Å². The van der Waals surface area contributed by atoms with Crippen molar-refractivity contribution >= 4 is 0 Å². The molecular weight excluding hydrogens is 336 g/mol. The first-order valence-electron chi connectivity index (χ1n) is 10.6. The third-order valence-electron chi connectivity index (χ3n) is 8.97. The van der Waals surface area contributed by atoms with Gasteiger partial charge in [-0.15, -0.1) is 0 Å². The monoisotopic (exact) mass is 366 g/mol. The molecular formula is C24H30O3. The van der Waals surface area contributed by atoms with Gasteiger partial charge in [-0.2, -0.15) is 0 Å². The quantitative estimate of drug-likeness (QED) is 0.764. The Bertz CT molecular complexity index is 859. The Hall–Kier alpha value is -1.61. The Morgan fingerprint density at radius 3 is 2.74 bits per heavy atom. The molecule has 4 aliphatic carbocycles. The first kappa shape index (κ1) is 17.5. The third-order valence-corrected chi connectivity index (χ3v) is 8.97. The molecule has 0 radical (unpaired) electrons. The maximum absolute atomic E-state index is 12.1. The van der Waals surface area contributed by atoms with Gasteiger partial charge in [0.25, 0.3) is 0 Å². The molecule has 0 saturated heterocycles. The predicted octanol–water partition coefficient (Wildman–Crippen LogP) is 4.97. The lowest BCUT2D eigenvalue weighted by Crippen LogP contribution is -2.59. The van der Waals surface area contributed by atoms with Crippen LogP contribution in [0, 0.1) is 22.7 Å². The fourth-order valence-corrected chi connectivity index (χ4v) is 7.37. The zero-order chi connectivity index (χ0) is 18.9. The molecule has 0 bridgehead atoms. The molecule has 1 aromatic rings. The van der Waals surface area contributed by atoms with Crippen LogP contribution in [-0.2, 0) is 0 Å². The van der Waals surface area contributed by atoms with Gasteiger partial charge < -0.3 is 9.52 Å². The number of fused-ring (bicyclic) bond motifs is 5. The fraction of sp³-hybridized carbons (Fsp3) is 0.625. The number of hydrogen-bond donors (Lipinski definition) is 1. The van der Waals surface area contributed by atoms with Crippen molar-refractivity contribution in [3.63, 3.8) is 0 Å². The van der Waals surface area contributed by atoms with Crippen LogP contribution in [0.15, 0.2) is 51.4 Å². The van der Waals surface area contributed by atoms with Crippen LogP contribution in [0.4, 0.5) is 0 Å². The summed E-state index contributed by atoms with van der Waals surface area (Å²) in [4.78, 5) is 11.4. The summed E-state index contributed by atoms with van der Waals surface area (Å²) >= 11 is 0. The van der Waals surface area contributed by atoms with E-state index in [9.17, 15) is 9.90 Å². The molecule has 144 valence electrons. The molecule has 1 heterocycles. The van der Waals surface area contributed by atoms with Crippen LogP contribution in [0.25, 0.3) is 0 Å². The number of rotatable bonds is 1. The van der Waals surface area contributed by atoms with Crippen molar-refractivity contribution in [2.24, 2.45) is 22.7 Å². The highest BCUT2D eigenvalue weighted by Crippen LogP contribution is 2.69. The van der Waals surface area contributed by atoms with Crippen molar-refractivity contribution in [1.29, 1.82) is 0 Å². The molecule has 3 nitrogen and oxygen atoms in total. The van der Waals surface area contributed by atoms with E-state index in [0.717, 1.165) is 37.7 Å². The molecule has 2 saturated carbocycles. The van der Waals surface area contributed by atoms with Crippen LogP contribution in [0.1, 0.15) is 70.3 Å². The summed E-state index contributed by atoms with van der Waals surface area (Å²) in [6.45, 7) is 4.72. The normalized spacial score (nSPS) is 45.6. The summed E-state index contributed by atoms with van der Waals surface area (Å²) in [5, 5.41) is 12.1. The zero-order valence-corrected chi connectivity index (χ0v) is 16.4. The number of allylic oxidation sites excluding steroid dienone is 4. The lowest BCUT2D eigenvalue weighted by molar-refractivity contribution is -0.169. The maximum Gasteiger partial charge on any atom is 0.335 e. The Morgan fingerprint density at radius 1 is 1.11 bits per heavy atom. The molecule has 1 aromatic heterocycles. The second kappa shape index (κ2) is 5.70. The van der Waals surface area contributed by atoms with E-state index in [4.69, 9.17) is 4.42 Å². The topological polar surface area (TPSA) is 50.4 Å². The van der Waals surface area contributed by atoms with Gasteiger partial charge in [0.05, 0.1) is 11.9 Å². The van der Waals surface area contributed by atoms with Crippen LogP contribution in [-0.4, -0.2) is 10.7 Å². The highest BCUT2D eigenvalue weighted by molar-refractivity contribution is 5.36. The van der Waals surface area contributed by atoms with Gasteiger partial charge in [-0.25, -0.2) is 4.79 Å². The first-order valence-corrected chi connectivity index (χ1v) is 10.6. The average molecular weight is 367 g/mol. The third kappa shape index (κ3) is 2.21. The van der Waals surface area contributed by atoms with Gasteiger partial charge in [-0.05, 0) is 85.3 Å². The summed E-state index contributed by atoms with van der Waals surface area (Å²) in [6.07, 6.45) is 16.1. The Labute approximate surface area is 161 Å². The Morgan fingerprint density at radius 2 is 1.96 bits per heavy atom. The zero-order valence-electron chi connectivity index (χ0n) is 16.4. The van der Waals surface area contributed by atoms with Crippen LogP contribution in [0.5, 0.6) is 0 Å². The lowest BCUT2D eigenvalue weighted by atomic mass is 9.46. The van der Waals surface area contributed by atoms with Gasteiger partial charge in [-0.3, -0.25) is 0 Å². The fourth-order valence-electron chi connectivity index (χ4n) is 7.37.